The molecule has 2 heterocycles. The van der Waals surface area contributed by atoms with Gasteiger partial charge < -0.3 is 0 Å². The fraction of sp³-hybridized carbons (Fsp3) is 0. The zero-order chi connectivity index (χ0) is 18.8. The van der Waals surface area contributed by atoms with E-state index in [4.69, 9.17) is 4.99 Å². The maximum atomic E-state index is 5.10. The van der Waals surface area contributed by atoms with Crippen LogP contribution in [0.2, 0.25) is 0 Å². The monoisotopic (exact) mass is 397 g/mol. The van der Waals surface area contributed by atoms with Crippen LogP contribution in [0.25, 0.3) is 0 Å². The maximum Gasteiger partial charge on any atom is 0.131 e. The van der Waals surface area contributed by atoms with E-state index in [0.29, 0.717) is 0 Å². The molecule has 3 aromatic carbocycles. The minimum absolute atomic E-state index is 0.830. The van der Waals surface area contributed by atoms with Crippen molar-refractivity contribution in [3.05, 3.63) is 102 Å². The molecule has 0 saturated carbocycles. The van der Waals surface area contributed by atoms with Crippen LogP contribution < -0.4 is 0 Å². The van der Waals surface area contributed by atoms with Gasteiger partial charge in [-0.15, -0.1) is 0 Å². The maximum absolute atomic E-state index is 5.10. The van der Waals surface area contributed by atoms with E-state index in [1.807, 2.05) is 36.4 Å². The van der Waals surface area contributed by atoms with Crippen LogP contribution in [0.4, 0.5) is 5.69 Å². The highest BCUT2D eigenvalue weighted by Gasteiger charge is 2.22. The Hall–Kier alpha value is -2.89. The quantitative estimate of drug-likeness (QED) is 0.337. The summed E-state index contributed by atoms with van der Waals surface area (Å²) in [7, 11) is 0. The topological polar surface area (TPSA) is 38.1 Å². The highest BCUT2D eigenvalue weighted by atomic mass is 32.2. The third kappa shape index (κ3) is 3.35. The summed E-state index contributed by atoms with van der Waals surface area (Å²) in [6.45, 7) is 0. The van der Waals surface area contributed by atoms with E-state index in [1.54, 1.807) is 29.9 Å². The Morgan fingerprint density at radius 2 is 1.43 bits per heavy atom. The van der Waals surface area contributed by atoms with Crippen LogP contribution in [0.15, 0.2) is 116 Å². The summed E-state index contributed by atoms with van der Waals surface area (Å²) in [5, 5.41) is 1.75. The molecule has 0 fully saturated rings. The van der Waals surface area contributed by atoms with Crippen molar-refractivity contribution in [2.75, 3.05) is 0 Å². The Morgan fingerprint density at radius 3 is 2.25 bits per heavy atom. The van der Waals surface area contributed by atoms with Crippen LogP contribution in [0.3, 0.4) is 0 Å². The third-order valence-electron chi connectivity index (χ3n) is 4.33. The van der Waals surface area contributed by atoms with Gasteiger partial charge in [0, 0.05) is 20.9 Å². The van der Waals surface area contributed by atoms with Crippen LogP contribution in [0.1, 0.15) is 11.1 Å². The van der Waals surface area contributed by atoms with Gasteiger partial charge in [-0.2, -0.15) is 0 Å². The molecule has 5 rings (SSSR count). The lowest BCUT2D eigenvalue weighted by Crippen LogP contribution is -2.03. The van der Waals surface area contributed by atoms with Gasteiger partial charge in [-0.25, -0.2) is 15.0 Å². The minimum atomic E-state index is 0.830. The number of aromatic nitrogens is 2. The molecule has 0 saturated heterocycles. The molecule has 1 aromatic heterocycles. The molecule has 0 aliphatic carbocycles. The molecule has 0 atom stereocenters. The molecule has 0 N–H and O–H groups in total. The Balaban J connectivity index is 1.70. The van der Waals surface area contributed by atoms with Crippen molar-refractivity contribution in [1.29, 1.82) is 0 Å². The van der Waals surface area contributed by atoms with Gasteiger partial charge in [0.15, 0.2) is 0 Å². The number of aliphatic imine (C=N–C) groups is 1. The second kappa shape index (κ2) is 7.62. The van der Waals surface area contributed by atoms with Gasteiger partial charge in [0.25, 0.3) is 0 Å². The highest BCUT2D eigenvalue weighted by Crippen LogP contribution is 2.44. The predicted molar refractivity (Wildman–Crippen MR) is 115 cm³/mol. The molecule has 0 spiro atoms. The molecule has 0 amide bonds. The fourth-order valence-electron chi connectivity index (χ4n) is 3.04. The van der Waals surface area contributed by atoms with Crippen molar-refractivity contribution < 1.29 is 0 Å². The number of nitrogens with zero attached hydrogens (tertiary/aromatic N) is 3. The van der Waals surface area contributed by atoms with Crippen LogP contribution in [-0.4, -0.2) is 15.7 Å². The lowest BCUT2D eigenvalue weighted by molar-refractivity contribution is 0.961. The Labute approximate surface area is 172 Å². The molecule has 134 valence electrons. The third-order valence-corrected chi connectivity index (χ3v) is 6.40. The summed E-state index contributed by atoms with van der Waals surface area (Å²) in [4.78, 5) is 16.5. The molecule has 5 heteroatoms. The second-order valence-electron chi connectivity index (χ2n) is 6.17. The highest BCUT2D eigenvalue weighted by molar-refractivity contribution is 8.00. The normalized spacial score (nSPS) is 12.5. The number of rotatable bonds is 3. The summed E-state index contributed by atoms with van der Waals surface area (Å²) in [5.74, 6) is 0. The van der Waals surface area contributed by atoms with Gasteiger partial charge in [0.05, 0.1) is 5.71 Å². The summed E-state index contributed by atoms with van der Waals surface area (Å²) < 4.78 is 0. The first-order chi connectivity index (χ1) is 13.9. The second-order valence-corrected chi connectivity index (χ2v) is 8.27. The van der Waals surface area contributed by atoms with Gasteiger partial charge in [0.2, 0.25) is 0 Å². The van der Waals surface area contributed by atoms with Crippen LogP contribution in [-0.2, 0) is 0 Å². The van der Waals surface area contributed by atoms with Crippen LogP contribution >= 0.6 is 23.5 Å². The Morgan fingerprint density at radius 1 is 0.714 bits per heavy atom. The first-order valence-corrected chi connectivity index (χ1v) is 10.5. The van der Waals surface area contributed by atoms with E-state index >= 15 is 0 Å². The number of hydrogen-bond acceptors (Lipinski definition) is 5. The average molecular weight is 398 g/mol. The molecule has 4 aromatic rings. The first kappa shape index (κ1) is 17.2. The number of hydrogen-bond donors (Lipinski definition) is 0. The van der Waals surface area contributed by atoms with Gasteiger partial charge in [-0.1, -0.05) is 90.3 Å². The molecule has 0 unspecified atom stereocenters. The standard InChI is InChI=1S/C23H15N3S2/c1-3-9-16(10-4-1)20-18-13-7-8-14-19(18)28-23-21(26-20)22(24-15-25-23)27-17-11-5-2-6-12-17/h1-15H. The Bertz CT molecular complexity index is 1160. The summed E-state index contributed by atoms with van der Waals surface area (Å²) in [5.41, 5.74) is 3.99. The van der Waals surface area contributed by atoms with Crippen molar-refractivity contribution in [1.82, 2.24) is 9.97 Å². The zero-order valence-corrected chi connectivity index (χ0v) is 16.5. The molecule has 3 nitrogen and oxygen atoms in total. The van der Waals surface area contributed by atoms with Crippen molar-refractivity contribution in [2.45, 2.75) is 19.8 Å². The smallest absolute Gasteiger partial charge is 0.131 e. The first-order valence-electron chi connectivity index (χ1n) is 8.88. The number of fused-ring (bicyclic) bond motifs is 2. The van der Waals surface area contributed by atoms with E-state index in [-0.39, 0.29) is 0 Å². The van der Waals surface area contributed by atoms with Crippen molar-refractivity contribution in [3.63, 3.8) is 0 Å². The zero-order valence-electron chi connectivity index (χ0n) is 14.8. The SMILES string of the molecule is c1ccc(Sc2ncnc3c2N=C(c2ccccc2)c2ccccc2S3)cc1. The van der Waals surface area contributed by atoms with E-state index < -0.39 is 0 Å². The molecule has 1 aliphatic rings. The molecular weight excluding hydrogens is 382 g/mol. The molecule has 1 aliphatic heterocycles. The van der Waals surface area contributed by atoms with Gasteiger partial charge in [-0.3, -0.25) is 0 Å². The molecule has 0 bridgehead atoms. The summed E-state index contributed by atoms with van der Waals surface area (Å²) in [6, 6.07) is 28.9. The van der Waals surface area contributed by atoms with E-state index in [0.717, 1.165) is 42.4 Å². The van der Waals surface area contributed by atoms with Crippen LogP contribution in [0, 0.1) is 0 Å². The van der Waals surface area contributed by atoms with E-state index in [9.17, 15) is 0 Å². The van der Waals surface area contributed by atoms with Crippen molar-refractivity contribution in [3.8, 4) is 0 Å². The fourth-order valence-corrected chi connectivity index (χ4v) is 4.92. The van der Waals surface area contributed by atoms with E-state index in [2.05, 4.69) is 58.5 Å². The lowest BCUT2D eigenvalue weighted by Gasteiger charge is -2.09. The van der Waals surface area contributed by atoms with Gasteiger partial charge in [-0.05, 0) is 18.2 Å². The average Bonchev–Trinajstić information content (AvgIpc) is 2.92. The minimum Gasteiger partial charge on any atom is -0.242 e. The van der Waals surface area contributed by atoms with Crippen molar-refractivity contribution in [2.24, 2.45) is 4.99 Å². The molecular formula is C23H15N3S2. The van der Waals surface area contributed by atoms with Crippen LogP contribution in [0.5, 0.6) is 0 Å². The summed E-state index contributed by atoms with van der Waals surface area (Å²) >= 11 is 3.26. The molecule has 0 radical (unpaired) electrons. The molecule has 28 heavy (non-hydrogen) atoms. The predicted octanol–water partition coefficient (Wildman–Crippen LogP) is 6.26. The summed E-state index contributed by atoms with van der Waals surface area (Å²) in [6.07, 6.45) is 1.63. The van der Waals surface area contributed by atoms with Crippen molar-refractivity contribution >= 4 is 34.9 Å². The van der Waals surface area contributed by atoms with E-state index in [1.165, 1.54) is 0 Å². The van der Waals surface area contributed by atoms with Gasteiger partial charge in [0.1, 0.15) is 22.1 Å². The largest absolute Gasteiger partial charge is 0.242 e. The Kier molecular flexibility index (Phi) is 4.69. The number of benzene rings is 3. The lowest BCUT2D eigenvalue weighted by atomic mass is 10.0. The van der Waals surface area contributed by atoms with Gasteiger partial charge >= 0.3 is 0 Å².